The second-order valence-electron chi connectivity index (χ2n) is 3.56. The predicted molar refractivity (Wildman–Crippen MR) is 75.7 cm³/mol. The minimum Gasteiger partial charge on any atom is -0.397 e. The number of amides is 1. The van der Waals surface area contributed by atoms with E-state index in [0.29, 0.717) is 14.9 Å². The van der Waals surface area contributed by atoms with Crippen LogP contribution >= 0.6 is 22.6 Å². The van der Waals surface area contributed by atoms with Gasteiger partial charge in [-0.2, -0.15) is 0 Å². The Bertz CT molecular complexity index is 586. The number of hydrogen-bond donors (Lipinski definition) is 2. The van der Waals surface area contributed by atoms with Gasteiger partial charge in [0.2, 0.25) is 0 Å². The van der Waals surface area contributed by atoms with Crippen LogP contribution < -0.4 is 11.1 Å². The molecule has 0 bridgehead atoms. The van der Waals surface area contributed by atoms with Gasteiger partial charge in [0.15, 0.2) is 0 Å². The summed E-state index contributed by atoms with van der Waals surface area (Å²) in [6.07, 6.45) is 1.41. The van der Waals surface area contributed by atoms with Gasteiger partial charge in [-0.3, -0.25) is 4.79 Å². The Morgan fingerprint density at radius 2 is 2.11 bits per heavy atom. The van der Waals surface area contributed by atoms with Crippen molar-refractivity contribution in [1.82, 2.24) is 4.98 Å². The summed E-state index contributed by atoms with van der Waals surface area (Å²) in [5.41, 5.74) is 6.77. The number of pyridine rings is 1. The summed E-state index contributed by atoms with van der Waals surface area (Å²) in [6, 6.07) is 7.26. The average Bonchev–Trinajstić information content (AvgIpc) is 2.33. The second kappa shape index (κ2) is 5.30. The van der Waals surface area contributed by atoms with Gasteiger partial charge in [-0.25, -0.2) is 9.37 Å². The molecule has 0 fully saturated rings. The summed E-state index contributed by atoms with van der Waals surface area (Å²) < 4.78 is 13.5. The van der Waals surface area contributed by atoms with E-state index in [-0.39, 0.29) is 17.4 Å². The Kier molecular flexibility index (Phi) is 3.75. The number of hydrogen-bond acceptors (Lipinski definition) is 3. The minimum atomic E-state index is -0.362. The van der Waals surface area contributed by atoms with Crippen LogP contribution in [0, 0.1) is 9.39 Å². The van der Waals surface area contributed by atoms with Crippen LogP contribution in [0.2, 0.25) is 0 Å². The SMILES string of the molecule is Nc1ccc(C(=O)Nc2ccc(F)cc2I)nc1. The molecular weight excluding hydrogens is 348 g/mol. The molecule has 1 amide bonds. The van der Waals surface area contributed by atoms with Gasteiger partial charge in [0.05, 0.1) is 17.6 Å². The van der Waals surface area contributed by atoms with Crippen molar-refractivity contribution in [3.63, 3.8) is 0 Å². The number of aromatic nitrogens is 1. The third-order valence-electron chi connectivity index (χ3n) is 2.20. The van der Waals surface area contributed by atoms with E-state index in [4.69, 9.17) is 5.73 Å². The number of carbonyl (C=O) groups is 1. The summed E-state index contributed by atoms with van der Waals surface area (Å²) in [5, 5.41) is 2.66. The molecule has 0 aliphatic rings. The van der Waals surface area contributed by atoms with Crippen LogP contribution in [0.1, 0.15) is 10.5 Å². The third-order valence-corrected chi connectivity index (χ3v) is 3.09. The summed E-state index contributed by atoms with van der Waals surface area (Å²) in [4.78, 5) is 15.8. The van der Waals surface area contributed by atoms with E-state index in [1.807, 2.05) is 22.6 Å². The predicted octanol–water partition coefficient (Wildman–Crippen LogP) is 2.66. The molecule has 2 aromatic rings. The van der Waals surface area contributed by atoms with E-state index in [2.05, 4.69) is 10.3 Å². The fourth-order valence-electron chi connectivity index (χ4n) is 1.32. The van der Waals surface area contributed by atoms with Crippen molar-refractivity contribution in [3.8, 4) is 0 Å². The molecule has 0 atom stereocenters. The molecule has 1 aromatic carbocycles. The number of anilines is 2. The highest BCUT2D eigenvalue weighted by molar-refractivity contribution is 14.1. The van der Waals surface area contributed by atoms with Crippen molar-refractivity contribution in [2.75, 3.05) is 11.1 Å². The number of halogens is 2. The van der Waals surface area contributed by atoms with Gasteiger partial charge in [-0.1, -0.05) is 0 Å². The van der Waals surface area contributed by atoms with Gasteiger partial charge in [-0.05, 0) is 52.9 Å². The number of benzene rings is 1. The van der Waals surface area contributed by atoms with E-state index >= 15 is 0 Å². The van der Waals surface area contributed by atoms with Gasteiger partial charge in [0.25, 0.3) is 5.91 Å². The zero-order valence-corrected chi connectivity index (χ0v) is 11.3. The molecule has 0 unspecified atom stereocenters. The molecule has 6 heteroatoms. The lowest BCUT2D eigenvalue weighted by molar-refractivity contribution is 0.102. The number of carbonyl (C=O) groups excluding carboxylic acids is 1. The van der Waals surface area contributed by atoms with E-state index in [1.165, 1.54) is 30.5 Å². The van der Waals surface area contributed by atoms with Crippen molar-refractivity contribution < 1.29 is 9.18 Å². The first-order chi connectivity index (χ1) is 8.56. The maximum Gasteiger partial charge on any atom is 0.274 e. The first-order valence-corrected chi connectivity index (χ1v) is 6.12. The third kappa shape index (κ3) is 2.95. The molecular formula is C12H9FIN3O. The Labute approximate surface area is 117 Å². The zero-order chi connectivity index (χ0) is 13.1. The molecule has 3 N–H and O–H groups in total. The van der Waals surface area contributed by atoms with Gasteiger partial charge >= 0.3 is 0 Å². The molecule has 0 saturated carbocycles. The molecule has 4 nitrogen and oxygen atoms in total. The highest BCUT2D eigenvalue weighted by Crippen LogP contribution is 2.19. The maximum atomic E-state index is 12.9. The largest absolute Gasteiger partial charge is 0.397 e. The van der Waals surface area contributed by atoms with Crippen molar-refractivity contribution >= 4 is 39.9 Å². The maximum absolute atomic E-state index is 12.9. The van der Waals surface area contributed by atoms with Crippen LogP contribution in [0.4, 0.5) is 15.8 Å². The first-order valence-electron chi connectivity index (χ1n) is 5.04. The van der Waals surface area contributed by atoms with Crippen molar-refractivity contribution in [2.24, 2.45) is 0 Å². The summed E-state index contributed by atoms with van der Waals surface area (Å²) in [5.74, 6) is -0.706. The Morgan fingerprint density at radius 1 is 1.33 bits per heavy atom. The molecule has 2 rings (SSSR count). The topological polar surface area (TPSA) is 68.0 Å². The van der Waals surface area contributed by atoms with Crippen molar-refractivity contribution in [2.45, 2.75) is 0 Å². The van der Waals surface area contributed by atoms with Gasteiger partial charge in [0.1, 0.15) is 11.5 Å². The summed E-state index contributed by atoms with van der Waals surface area (Å²) in [7, 11) is 0. The molecule has 0 saturated heterocycles. The van der Waals surface area contributed by atoms with Crippen LogP contribution in [-0.4, -0.2) is 10.9 Å². The zero-order valence-electron chi connectivity index (χ0n) is 9.15. The quantitative estimate of drug-likeness (QED) is 0.813. The van der Waals surface area contributed by atoms with E-state index in [0.717, 1.165) is 0 Å². The second-order valence-corrected chi connectivity index (χ2v) is 4.72. The lowest BCUT2D eigenvalue weighted by Gasteiger charge is -2.07. The summed E-state index contributed by atoms with van der Waals surface area (Å²) >= 11 is 1.95. The first kappa shape index (κ1) is 12.7. The van der Waals surface area contributed by atoms with Gasteiger partial charge in [-0.15, -0.1) is 0 Å². The van der Waals surface area contributed by atoms with Gasteiger partial charge in [0, 0.05) is 3.57 Å². The standard InChI is InChI=1S/C12H9FIN3O/c13-7-1-3-10(9(14)5-7)17-12(18)11-4-2-8(15)6-16-11/h1-6H,15H2,(H,17,18). The van der Waals surface area contributed by atoms with Crippen LogP contribution in [0.5, 0.6) is 0 Å². The highest BCUT2D eigenvalue weighted by Gasteiger charge is 2.09. The molecule has 0 aliphatic carbocycles. The molecule has 18 heavy (non-hydrogen) atoms. The summed E-state index contributed by atoms with van der Waals surface area (Å²) in [6.45, 7) is 0. The number of nitrogens with zero attached hydrogens (tertiary/aromatic N) is 1. The monoisotopic (exact) mass is 357 g/mol. The number of nitrogens with two attached hydrogens (primary N) is 1. The van der Waals surface area contributed by atoms with E-state index < -0.39 is 0 Å². The van der Waals surface area contributed by atoms with E-state index in [9.17, 15) is 9.18 Å². The fourth-order valence-corrected chi connectivity index (χ4v) is 1.93. The molecule has 0 spiro atoms. The lowest BCUT2D eigenvalue weighted by atomic mass is 10.3. The molecule has 0 radical (unpaired) electrons. The molecule has 1 heterocycles. The number of nitrogens with one attached hydrogen (secondary N) is 1. The highest BCUT2D eigenvalue weighted by atomic mass is 127. The Balaban J connectivity index is 2.18. The average molecular weight is 357 g/mol. The van der Waals surface area contributed by atoms with Gasteiger partial charge < -0.3 is 11.1 Å². The molecule has 92 valence electrons. The Morgan fingerprint density at radius 3 is 2.72 bits per heavy atom. The van der Waals surface area contributed by atoms with Crippen molar-refractivity contribution in [3.05, 3.63) is 51.6 Å². The number of rotatable bonds is 2. The minimum absolute atomic E-state index is 0.254. The van der Waals surface area contributed by atoms with Crippen LogP contribution in [0.25, 0.3) is 0 Å². The fraction of sp³-hybridized carbons (Fsp3) is 0. The molecule has 0 aliphatic heterocycles. The van der Waals surface area contributed by atoms with Crippen LogP contribution in [-0.2, 0) is 0 Å². The van der Waals surface area contributed by atoms with Crippen LogP contribution in [0.15, 0.2) is 36.5 Å². The van der Waals surface area contributed by atoms with E-state index in [1.54, 1.807) is 6.07 Å². The molecule has 1 aromatic heterocycles. The van der Waals surface area contributed by atoms with Crippen molar-refractivity contribution in [1.29, 1.82) is 0 Å². The smallest absolute Gasteiger partial charge is 0.274 e. The number of nitrogen functional groups attached to an aromatic ring is 1. The lowest BCUT2D eigenvalue weighted by Crippen LogP contribution is -2.14. The Hall–Kier alpha value is -1.70. The normalized spacial score (nSPS) is 10.1. The van der Waals surface area contributed by atoms with Crippen LogP contribution in [0.3, 0.4) is 0 Å².